The van der Waals surface area contributed by atoms with Crippen molar-refractivity contribution in [3.63, 3.8) is 0 Å². The van der Waals surface area contributed by atoms with Crippen molar-refractivity contribution in [2.75, 3.05) is 13.1 Å². The van der Waals surface area contributed by atoms with Gasteiger partial charge in [0, 0.05) is 13.0 Å². The van der Waals surface area contributed by atoms with Crippen LogP contribution in [0.2, 0.25) is 0 Å². The fraction of sp³-hybridized carbons (Fsp3) is 0.750. The molecule has 0 aliphatic heterocycles. The number of rotatable bonds is 7. The maximum Gasteiger partial charge on any atom is 0.416 e. The van der Waals surface area contributed by atoms with Crippen molar-refractivity contribution in [1.82, 2.24) is 5.32 Å². The summed E-state index contributed by atoms with van der Waals surface area (Å²) in [6, 6.07) is 5.26. The van der Waals surface area contributed by atoms with Crippen LogP contribution in [0.25, 0.3) is 0 Å². The molecule has 1 aromatic carbocycles. The van der Waals surface area contributed by atoms with Gasteiger partial charge in [-0.25, -0.2) is 0 Å². The van der Waals surface area contributed by atoms with Gasteiger partial charge in [-0.1, -0.05) is 51.2 Å². The van der Waals surface area contributed by atoms with Gasteiger partial charge in [-0.2, -0.15) is 13.2 Å². The first-order chi connectivity index (χ1) is 16.1. The summed E-state index contributed by atoms with van der Waals surface area (Å²) in [6.07, 6.45) is 11.1. The lowest BCUT2D eigenvalue weighted by Crippen LogP contribution is -2.32. The maximum atomic E-state index is 12.5. The number of alkyl halides is 3. The molecule has 4 rings (SSSR count). The Balaban J connectivity index is 0.000000202. The topological polar surface area (TPSA) is 49.3 Å². The molecule has 3 nitrogen and oxygen atoms in total. The number of halogens is 3. The second-order valence-electron chi connectivity index (χ2n) is 11.2. The Labute approximate surface area is 202 Å². The van der Waals surface area contributed by atoms with E-state index in [4.69, 9.17) is 5.11 Å². The molecule has 0 amide bonds. The van der Waals surface area contributed by atoms with Gasteiger partial charge in [0.1, 0.15) is 0 Å². The van der Waals surface area contributed by atoms with Crippen LogP contribution < -0.4 is 5.32 Å². The summed E-state index contributed by atoms with van der Waals surface area (Å²) >= 11 is 0. The Morgan fingerprint density at radius 2 is 1.59 bits per heavy atom. The van der Waals surface area contributed by atoms with Gasteiger partial charge in [-0.3, -0.25) is 4.79 Å². The zero-order chi connectivity index (χ0) is 24.6. The summed E-state index contributed by atoms with van der Waals surface area (Å²) in [5.41, 5.74) is 0.880. The minimum absolute atomic E-state index is 0.133. The van der Waals surface area contributed by atoms with Crippen LogP contribution in [0.1, 0.15) is 107 Å². The molecule has 0 saturated heterocycles. The summed E-state index contributed by atoms with van der Waals surface area (Å²) < 4.78 is 37.5. The number of hydrogen-bond acceptors (Lipinski definition) is 2. The lowest BCUT2D eigenvalue weighted by atomic mass is 9.77. The first-order valence-electron chi connectivity index (χ1n) is 13.2. The Morgan fingerprint density at radius 3 is 2.18 bits per heavy atom. The molecule has 0 aromatic heterocycles. The Kier molecular flexibility index (Phi) is 9.87. The highest BCUT2D eigenvalue weighted by Gasteiger charge is 2.31. The summed E-state index contributed by atoms with van der Waals surface area (Å²) in [7, 11) is 0. The third kappa shape index (κ3) is 8.58. The number of carboxylic acid groups (broad SMARTS) is 1. The predicted octanol–water partition coefficient (Wildman–Crippen LogP) is 7.80. The van der Waals surface area contributed by atoms with Crippen molar-refractivity contribution in [3.05, 3.63) is 35.4 Å². The molecular formula is C28H42F3NO2. The summed E-state index contributed by atoms with van der Waals surface area (Å²) in [4.78, 5) is 10.7. The quantitative estimate of drug-likeness (QED) is 0.418. The van der Waals surface area contributed by atoms with E-state index in [1.54, 1.807) is 0 Å². The molecule has 2 N–H and O–H groups in total. The summed E-state index contributed by atoms with van der Waals surface area (Å²) in [5, 5.41) is 12.5. The van der Waals surface area contributed by atoms with Crippen LogP contribution in [0, 0.1) is 17.3 Å². The fourth-order valence-electron chi connectivity index (χ4n) is 6.17. The van der Waals surface area contributed by atoms with Crippen LogP contribution >= 0.6 is 0 Å². The molecule has 0 bridgehead atoms. The van der Waals surface area contributed by atoms with Gasteiger partial charge in [0.2, 0.25) is 0 Å². The number of nitrogens with one attached hydrogen (secondary N) is 1. The van der Waals surface area contributed by atoms with Crippen LogP contribution in [0.3, 0.4) is 0 Å². The second-order valence-corrected chi connectivity index (χ2v) is 11.2. The standard InChI is InChI=1S/C15H17F3O2.C13H25N/c16-15(17,18)13-6-4-11(5-7-13)12-3-1-2-10(8-12)9-14(19)20;1-13(8-4-5-9-13)11-14-10-12-6-2-3-7-12/h4-7,10,12H,1-3,8-9H2,(H,19,20);12,14H,2-11H2,1H3. The molecule has 3 fully saturated rings. The largest absolute Gasteiger partial charge is 0.481 e. The third-order valence-corrected chi connectivity index (χ3v) is 8.23. The molecule has 3 aliphatic rings. The number of benzene rings is 1. The van der Waals surface area contributed by atoms with Crippen molar-refractivity contribution >= 4 is 5.97 Å². The minimum atomic E-state index is -4.31. The van der Waals surface area contributed by atoms with Gasteiger partial charge >= 0.3 is 12.1 Å². The SMILES string of the molecule is CC1(CNCC2CCCC2)CCCC1.O=C(O)CC1CCCC(c2ccc(C(F)(F)F)cc2)C1. The number of hydrogen-bond donors (Lipinski definition) is 2. The molecule has 3 saturated carbocycles. The van der Waals surface area contributed by atoms with E-state index in [-0.39, 0.29) is 18.3 Å². The van der Waals surface area contributed by atoms with E-state index < -0.39 is 17.7 Å². The number of carboxylic acids is 1. The average Bonchev–Trinajstić information content (AvgIpc) is 3.46. The Morgan fingerprint density at radius 1 is 0.971 bits per heavy atom. The highest BCUT2D eigenvalue weighted by atomic mass is 19.4. The van der Waals surface area contributed by atoms with Crippen LogP contribution in [0.5, 0.6) is 0 Å². The monoisotopic (exact) mass is 481 g/mol. The first-order valence-corrected chi connectivity index (χ1v) is 13.2. The van der Waals surface area contributed by atoms with Gasteiger partial charge in [-0.05, 0) is 92.4 Å². The van der Waals surface area contributed by atoms with E-state index in [2.05, 4.69) is 12.2 Å². The van der Waals surface area contributed by atoms with E-state index in [1.165, 1.54) is 76.6 Å². The van der Waals surface area contributed by atoms with Crippen molar-refractivity contribution in [1.29, 1.82) is 0 Å². The molecule has 34 heavy (non-hydrogen) atoms. The summed E-state index contributed by atoms with van der Waals surface area (Å²) in [5.74, 6) is 0.506. The van der Waals surface area contributed by atoms with Crippen LogP contribution in [0.15, 0.2) is 24.3 Å². The van der Waals surface area contributed by atoms with Crippen LogP contribution in [-0.4, -0.2) is 24.2 Å². The highest BCUT2D eigenvalue weighted by Crippen LogP contribution is 2.39. The van der Waals surface area contributed by atoms with Crippen LogP contribution in [0.4, 0.5) is 13.2 Å². The molecule has 6 heteroatoms. The van der Waals surface area contributed by atoms with Crippen molar-refractivity contribution in [2.45, 2.75) is 102 Å². The van der Waals surface area contributed by atoms with Gasteiger partial charge < -0.3 is 10.4 Å². The van der Waals surface area contributed by atoms with Crippen molar-refractivity contribution in [2.24, 2.45) is 17.3 Å². The third-order valence-electron chi connectivity index (χ3n) is 8.23. The van der Waals surface area contributed by atoms with Gasteiger partial charge in [-0.15, -0.1) is 0 Å². The predicted molar refractivity (Wildman–Crippen MR) is 130 cm³/mol. The van der Waals surface area contributed by atoms with Gasteiger partial charge in [0.15, 0.2) is 0 Å². The van der Waals surface area contributed by atoms with Gasteiger partial charge in [0.25, 0.3) is 0 Å². The molecule has 3 aliphatic carbocycles. The van der Waals surface area contributed by atoms with E-state index in [9.17, 15) is 18.0 Å². The molecule has 2 unspecified atom stereocenters. The lowest BCUT2D eigenvalue weighted by molar-refractivity contribution is -0.139. The molecule has 0 heterocycles. The van der Waals surface area contributed by atoms with Crippen molar-refractivity contribution in [3.8, 4) is 0 Å². The van der Waals surface area contributed by atoms with Crippen molar-refractivity contribution < 1.29 is 23.1 Å². The molecular weight excluding hydrogens is 439 g/mol. The molecule has 1 aromatic rings. The first kappa shape index (κ1) is 27.0. The van der Waals surface area contributed by atoms with E-state index in [1.807, 2.05) is 0 Å². The molecule has 2 atom stereocenters. The fourth-order valence-corrected chi connectivity index (χ4v) is 6.17. The Hall–Kier alpha value is -1.56. The highest BCUT2D eigenvalue weighted by molar-refractivity contribution is 5.67. The van der Waals surface area contributed by atoms with E-state index in [0.717, 1.165) is 49.3 Å². The molecule has 0 radical (unpaired) electrons. The number of carbonyl (C=O) groups is 1. The lowest BCUT2D eigenvalue weighted by Gasteiger charge is -2.28. The smallest absolute Gasteiger partial charge is 0.416 e. The summed E-state index contributed by atoms with van der Waals surface area (Å²) in [6.45, 7) is 5.01. The maximum absolute atomic E-state index is 12.5. The zero-order valence-electron chi connectivity index (χ0n) is 20.6. The average molecular weight is 482 g/mol. The minimum Gasteiger partial charge on any atom is -0.481 e. The second kappa shape index (κ2) is 12.4. The zero-order valence-corrected chi connectivity index (χ0v) is 20.6. The molecule has 192 valence electrons. The number of aliphatic carboxylic acids is 1. The van der Waals surface area contributed by atoms with E-state index in [0.29, 0.717) is 5.41 Å². The normalized spacial score (nSPS) is 25.1. The Bertz CT molecular complexity index is 750. The van der Waals surface area contributed by atoms with Gasteiger partial charge in [0.05, 0.1) is 5.56 Å². The van der Waals surface area contributed by atoms with E-state index >= 15 is 0 Å². The van der Waals surface area contributed by atoms with Crippen LogP contribution in [-0.2, 0) is 11.0 Å². The molecule has 0 spiro atoms.